The minimum absolute atomic E-state index is 0.311. The fraction of sp³-hybridized carbons (Fsp3) is 0.519. The molecule has 7 nitrogen and oxygen atoms in total. The minimum Gasteiger partial charge on any atom is -0.480 e. The number of carboxylic acids is 1. The van der Waals surface area contributed by atoms with Crippen LogP contribution in [-0.4, -0.2) is 59.1 Å². The molecule has 182 valence electrons. The molecular weight excluding hydrogens is 428 g/mol. The Morgan fingerprint density at radius 3 is 2.79 bits per heavy atom. The SMILES string of the molecule is Cc1cccc(C)c1C(=O)N[C@@H](CCN1CC[C@@H](CCc2ccc3c(n2)NCCC3)C1)C(=O)O. The molecule has 4 rings (SSSR count). The number of carbonyl (C=O) groups is 2. The van der Waals surface area contributed by atoms with Crippen LogP contribution in [0.25, 0.3) is 0 Å². The van der Waals surface area contributed by atoms with Crippen molar-refractivity contribution in [1.82, 2.24) is 15.2 Å². The predicted octanol–water partition coefficient (Wildman–Crippen LogP) is 3.58. The summed E-state index contributed by atoms with van der Waals surface area (Å²) in [5, 5.41) is 15.8. The van der Waals surface area contributed by atoms with Crippen molar-refractivity contribution in [3.05, 3.63) is 58.3 Å². The van der Waals surface area contributed by atoms with E-state index in [1.807, 2.05) is 32.0 Å². The second-order valence-electron chi connectivity index (χ2n) is 9.75. The Kier molecular flexibility index (Phi) is 7.83. The Bertz CT molecular complexity index is 1020. The number of pyridine rings is 1. The van der Waals surface area contributed by atoms with E-state index in [4.69, 9.17) is 4.98 Å². The van der Waals surface area contributed by atoms with Crippen molar-refractivity contribution in [3.63, 3.8) is 0 Å². The summed E-state index contributed by atoms with van der Waals surface area (Å²) in [5.74, 6) is 0.356. The molecule has 2 aromatic rings. The van der Waals surface area contributed by atoms with Crippen molar-refractivity contribution in [1.29, 1.82) is 0 Å². The highest BCUT2D eigenvalue weighted by atomic mass is 16.4. The number of aliphatic carboxylic acids is 1. The molecular formula is C27H36N4O3. The first-order valence-electron chi connectivity index (χ1n) is 12.5. The Labute approximate surface area is 202 Å². The molecule has 3 N–H and O–H groups in total. The summed E-state index contributed by atoms with van der Waals surface area (Å²) in [4.78, 5) is 31.7. The normalized spacial score (nSPS) is 18.7. The van der Waals surface area contributed by atoms with Crippen LogP contribution in [0.15, 0.2) is 30.3 Å². The van der Waals surface area contributed by atoms with Gasteiger partial charge in [-0.05, 0) is 87.6 Å². The first kappa shape index (κ1) is 24.2. The van der Waals surface area contributed by atoms with E-state index in [2.05, 4.69) is 27.7 Å². The number of amides is 1. The van der Waals surface area contributed by atoms with Crippen LogP contribution in [0.1, 0.15) is 58.4 Å². The maximum absolute atomic E-state index is 12.8. The lowest BCUT2D eigenvalue weighted by Gasteiger charge is -2.21. The standard InChI is InChI=1S/C27H36N4O3/c1-18-5-3-6-19(2)24(18)26(32)30-23(27(33)34)13-16-31-15-12-20(17-31)8-10-22-11-9-21-7-4-14-28-25(21)29-22/h3,5-6,9,11,20,23H,4,7-8,10,12-17H2,1-2H3,(H,28,29)(H,30,32)(H,33,34)/t20-,23+/m1/s1. The monoisotopic (exact) mass is 464 g/mol. The molecule has 34 heavy (non-hydrogen) atoms. The Morgan fingerprint density at radius 2 is 2.03 bits per heavy atom. The number of likely N-dealkylation sites (tertiary alicyclic amines) is 1. The molecule has 1 aromatic carbocycles. The molecule has 2 atom stereocenters. The second kappa shape index (κ2) is 11.0. The van der Waals surface area contributed by atoms with Crippen LogP contribution in [0.2, 0.25) is 0 Å². The van der Waals surface area contributed by atoms with E-state index in [-0.39, 0.29) is 5.91 Å². The number of aromatic nitrogens is 1. The maximum Gasteiger partial charge on any atom is 0.326 e. The van der Waals surface area contributed by atoms with Crippen molar-refractivity contribution in [2.75, 3.05) is 31.5 Å². The summed E-state index contributed by atoms with van der Waals surface area (Å²) in [5.41, 5.74) is 4.74. The lowest BCUT2D eigenvalue weighted by Crippen LogP contribution is -2.43. The van der Waals surface area contributed by atoms with Gasteiger partial charge >= 0.3 is 5.97 Å². The molecule has 0 aliphatic carbocycles. The lowest BCUT2D eigenvalue weighted by atomic mass is 10.00. The molecule has 1 fully saturated rings. The fourth-order valence-corrected chi connectivity index (χ4v) is 5.18. The summed E-state index contributed by atoms with van der Waals surface area (Å²) in [6.07, 6.45) is 5.86. The third kappa shape index (κ3) is 5.95. The Morgan fingerprint density at radius 1 is 1.24 bits per heavy atom. The van der Waals surface area contributed by atoms with Crippen LogP contribution in [0.4, 0.5) is 5.82 Å². The molecule has 0 spiro atoms. The van der Waals surface area contributed by atoms with Gasteiger partial charge in [-0.15, -0.1) is 0 Å². The van der Waals surface area contributed by atoms with Gasteiger partial charge in [-0.25, -0.2) is 9.78 Å². The highest BCUT2D eigenvalue weighted by Gasteiger charge is 2.26. The molecule has 0 radical (unpaired) electrons. The molecule has 3 heterocycles. The molecule has 1 amide bonds. The maximum atomic E-state index is 12.8. The third-order valence-electron chi connectivity index (χ3n) is 7.18. The van der Waals surface area contributed by atoms with Gasteiger partial charge in [-0.1, -0.05) is 24.3 Å². The van der Waals surface area contributed by atoms with Crippen molar-refractivity contribution >= 4 is 17.7 Å². The molecule has 1 saturated heterocycles. The van der Waals surface area contributed by atoms with Gasteiger partial charge in [0.1, 0.15) is 11.9 Å². The average Bonchev–Trinajstić information content (AvgIpc) is 3.28. The van der Waals surface area contributed by atoms with Gasteiger partial charge in [0.05, 0.1) is 0 Å². The van der Waals surface area contributed by atoms with E-state index in [0.717, 1.165) is 68.0 Å². The molecule has 0 unspecified atom stereocenters. The predicted molar refractivity (Wildman–Crippen MR) is 133 cm³/mol. The van der Waals surface area contributed by atoms with Gasteiger partial charge in [0.2, 0.25) is 0 Å². The number of nitrogens with one attached hydrogen (secondary N) is 2. The number of hydrogen-bond acceptors (Lipinski definition) is 5. The summed E-state index contributed by atoms with van der Waals surface area (Å²) in [6.45, 7) is 7.36. The highest BCUT2D eigenvalue weighted by molar-refractivity contribution is 5.99. The van der Waals surface area contributed by atoms with Crippen LogP contribution in [-0.2, 0) is 17.6 Å². The van der Waals surface area contributed by atoms with E-state index < -0.39 is 12.0 Å². The number of benzene rings is 1. The lowest BCUT2D eigenvalue weighted by molar-refractivity contribution is -0.139. The van der Waals surface area contributed by atoms with Gasteiger partial charge in [0, 0.05) is 30.9 Å². The highest BCUT2D eigenvalue weighted by Crippen LogP contribution is 2.24. The van der Waals surface area contributed by atoms with Crippen LogP contribution < -0.4 is 10.6 Å². The van der Waals surface area contributed by atoms with Crippen LogP contribution >= 0.6 is 0 Å². The first-order valence-corrected chi connectivity index (χ1v) is 12.5. The van der Waals surface area contributed by atoms with Crippen molar-refractivity contribution in [2.45, 2.75) is 58.4 Å². The summed E-state index contributed by atoms with van der Waals surface area (Å²) in [6, 6.07) is 9.13. The number of anilines is 1. The molecule has 1 aromatic heterocycles. The number of carbonyl (C=O) groups excluding carboxylic acids is 1. The number of carboxylic acid groups (broad SMARTS) is 1. The molecule has 0 saturated carbocycles. The molecule has 2 aliphatic rings. The number of hydrogen-bond donors (Lipinski definition) is 3. The largest absolute Gasteiger partial charge is 0.480 e. The van der Waals surface area contributed by atoms with E-state index in [9.17, 15) is 14.7 Å². The van der Waals surface area contributed by atoms with Crippen LogP contribution in [0.3, 0.4) is 0 Å². The van der Waals surface area contributed by atoms with Gasteiger partial charge in [0.25, 0.3) is 5.91 Å². The van der Waals surface area contributed by atoms with Crippen molar-refractivity contribution < 1.29 is 14.7 Å². The van der Waals surface area contributed by atoms with Gasteiger partial charge in [-0.3, -0.25) is 4.79 Å². The van der Waals surface area contributed by atoms with E-state index in [1.54, 1.807) is 0 Å². The smallest absolute Gasteiger partial charge is 0.326 e. The van der Waals surface area contributed by atoms with Crippen molar-refractivity contribution in [3.8, 4) is 0 Å². The van der Waals surface area contributed by atoms with Crippen molar-refractivity contribution in [2.24, 2.45) is 5.92 Å². The van der Waals surface area contributed by atoms with E-state index in [0.29, 0.717) is 24.4 Å². The molecule has 0 bridgehead atoms. The fourth-order valence-electron chi connectivity index (χ4n) is 5.18. The quantitative estimate of drug-likeness (QED) is 0.525. The van der Waals surface area contributed by atoms with Gasteiger partial charge < -0.3 is 20.6 Å². The van der Waals surface area contributed by atoms with Crippen LogP contribution in [0, 0.1) is 19.8 Å². The zero-order chi connectivity index (χ0) is 24.1. The third-order valence-corrected chi connectivity index (χ3v) is 7.18. The summed E-state index contributed by atoms with van der Waals surface area (Å²) in [7, 11) is 0. The minimum atomic E-state index is -0.984. The zero-order valence-electron chi connectivity index (χ0n) is 20.3. The molecule has 2 aliphatic heterocycles. The number of rotatable bonds is 9. The summed E-state index contributed by atoms with van der Waals surface area (Å²) >= 11 is 0. The van der Waals surface area contributed by atoms with Gasteiger partial charge in [0.15, 0.2) is 0 Å². The Balaban J connectivity index is 1.24. The van der Waals surface area contributed by atoms with E-state index in [1.165, 1.54) is 12.0 Å². The molecule has 7 heteroatoms. The van der Waals surface area contributed by atoms with Crippen LogP contribution in [0.5, 0.6) is 0 Å². The topological polar surface area (TPSA) is 94.6 Å². The first-order chi connectivity index (χ1) is 16.4. The zero-order valence-corrected chi connectivity index (χ0v) is 20.3. The Hall–Kier alpha value is -2.93. The number of nitrogens with zero attached hydrogens (tertiary/aromatic N) is 2. The van der Waals surface area contributed by atoms with Gasteiger partial charge in [-0.2, -0.15) is 0 Å². The number of fused-ring (bicyclic) bond motifs is 1. The average molecular weight is 465 g/mol. The summed E-state index contributed by atoms with van der Waals surface area (Å²) < 4.78 is 0. The van der Waals surface area contributed by atoms with E-state index >= 15 is 0 Å². The second-order valence-corrected chi connectivity index (χ2v) is 9.75. The number of aryl methyl sites for hydroxylation is 4.